The summed E-state index contributed by atoms with van der Waals surface area (Å²) in [6, 6.07) is 9.26. The number of methoxy groups -OCH3 is 1. The molecule has 152 valence electrons. The van der Waals surface area contributed by atoms with Crippen molar-refractivity contribution in [1.29, 1.82) is 0 Å². The van der Waals surface area contributed by atoms with E-state index < -0.39 is 17.9 Å². The number of benzene rings is 1. The van der Waals surface area contributed by atoms with E-state index in [2.05, 4.69) is 15.5 Å². The molecule has 1 atom stereocenters. The number of rotatable bonds is 8. The standard InChI is InChI=1S/C20H21N3O6/c1-12(2)17(21-18(24)13-7-4-5-8-14(13)26-3)20(25)28-11-16-22-23-19(29-16)15-9-6-10-27-15/h4-10,12,17H,11H2,1-3H3,(H,21,24)/t17-/m0/s1. The number of para-hydroxylation sites is 1. The summed E-state index contributed by atoms with van der Waals surface area (Å²) in [5, 5.41) is 10.4. The average molecular weight is 399 g/mol. The second kappa shape index (κ2) is 9.05. The first-order valence-corrected chi connectivity index (χ1v) is 8.96. The zero-order chi connectivity index (χ0) is 20.8. The van der Waals surface area contributed by atoms with Crippen LogP contribution in [-0.2, 0) is 16.1 Å². The molecular formula is C20H21N3O6. The minimum absolute atomic E-state index is 0.114. The lowest BCUT2D eigenvalue weighted by molar-refractivity contribution is -0.149. The number of aromatic nitrogens is 2. The highest BCUT2D eigenvalue weighted by Gasteiger charge is 2.27. The molecule has 0 saturated heterocycles. The maximum Gasteiger partial charge on any atom is 0.329 e. The van der Waals surface area contributed by atoms with Crippen molar-refractivity contribution in [2.24, 2.45) is 5.92 Å². The summed E-state index contributed by atoms with van der Waals surface area (Å²) in [6.07, 6.45) is 1.48. The van der Waals surface area contributed by atoms with Gasteiger partial charge in [0.15, 0.2) is 12.4 Å². The van der Waals surface area contributed by atoms with Gasteiger partial charge in [0.25, 0.3) is 17.7 Å². The smallest absolute Gasteiger partial charge is 0.329 e. The van der Waals surface area contributed by atoms with Gasteiger partial charge < -0.3 is 23.6 Å². The number of hydrogen-bond donors (Lipinski definition) is 1. The van der Waals surface area contributed by atoms with E-state index in [1.165, 1.54) is 13.4 Å². The van der Waals surface area contributed by atoms with Crippen LogP contribution in [0.2, 0.25) is 0 Å². The lowest BCUT2D eigenvalue weighted by Crippen LogP contribution is -2.45. The van der Waals surface area contributed by atoms with Crippen LogP contribution in [0.25, 0.3) is 11.7 Å². The van der Waals surface area contributed by atoms with Gasteiger partial charge in [-0.25, -0.2) is 4.79 Å². The summed E-state index contributed by atoms with van der Waals surface area (Å²) in [5.41, 5.74) is 0.327. The molecule has 0 bridgehead atoms. The van der Waals surface area contributed by atoms with Crippen molar-refractivity contribution in [2.75, 3.05) is 7.11 Å². The van der Waals surface area contributed by atoms with Gasteiger partial charge in [-0.15, -0.1) is 10.2 Å². The predicted octanol–water partition coefficient (Wildman–Crippen LogP) is 2.84. The van der Waals surface area contributed by atoms with Crippen molar-refractivity contribution < 1.29 is 27.9 Å². The van der Waals surface area contributed by atoms with Gasteiger partial charge in [-0.3, -0.25) is 4.79 Å². The number of nitrogens with zero attached hydrogens (tertiary/aromatic N) is 2. The van der Waals surface area contributed by atoms with Crippen molar-refractivity contribution in [3.05, 3.63) is 54.1 Å². The van der Waals surface area contributed by atoms with Crippen LogP contribution in [0.3, 0.4) is 0 Å². The van der Waals surface area contributed by atoms with Gasteiger partial charge in [-0.05, 0) is 30.2 Å². The second-order valence-corrected chi connectivity index (χ2v) is 6.48. The maximum atomic E-state index is 12.6. The first-order chi connectivity index (χ1) is 14.0. The van der Waals surface area contributed by atoms with Crippen LogP contribution in [-0.4, -0.2) is 35.2 Å². The first-order valence-electron chi connectivity index (χ1n) is 8.96. The summed E-state index contributed by atoms with van der Waals surface area (Å²) >= 11 is 0. The summed E-state index contributed by atoms with van der Waals surface area (Å²) < 4.78 is 21.0. The molecule has 3 aromatic rings. The molecule has 2 heterocycles. The number of carbonyl (C=O) groups is 2. The highest BCUT2D eigenvalue weighted by molar-refractivity contribution is 5.99. The van der Waals surface area contributed by atoms with Crippen molar-refractivity contribution in [3.63, 3.8) is 0 Å². The van der Waals surface area contributed by atoms with E-state index >= 15 is 0 Å². The SMILES string of the molecule is COc1ccccc1C(=O)N[C@H](C(=O)OCc1nnc(-c2ccco2)o1)C(C)C. The number of carbonyl (C=O) groups excluding carboxylic acids is 2. The molecule has 0 aliphatic carbocycles. The highest BCUT2D eigenvalue weighted by Crippen LogP contribution is 2.19. The van der Waals surface area contributed by atoms with Crippen LogP contribution < -0.4 is 10.1 Å². The van der Waals surface area contributed by atoms with Crippen LogP contribution in [0.15, 0.2) is 51.5 Å². The molecular weight excluding hydrogens is 378 g/mol. The topological polar surface area (TPSA) is 117 Å². The Morgan fingerprint density at radius 2 is 1.93 bits per heavy atom. The number of ether oxygens (including phenoxy) is 2. The Balaban J connectivity index is 1.63. The molecule has 9 heteroatoms. The Bertz CT molecular complexity index is 964. The number of esters is 1. The third-order valence-electron chi connectivity index (χ3n) is 4.10. The minimum Gasteiger partial charge on any atom is -0.496 e. The zero-order valence-electron chi connectivity index (χ0n) is 16.2. The second-order valence-electron chi connectivity index (χ2n) is 6.48. The van der Waals surface area contributed by atoms with Gasteiger partial charge in [-0.2, -0.15) is 0 Å². The molecule has 0 aliphatic rings. The molecule has 9 nitrogen and oxygen atoms in total. The molecule has 0 aliphatic heterocycles. The van der Waals surface area contributed by atoms with E-state index in [0.29, 0.717) is 17.1 Å². The van der Waals surface area contributed by atoms with Crippen molar-refractivity contribution >= 4 is 11.9 Å². The Hall–Kier alpha value is -3.62. The molecule has 1 N–H and O–H groups in total. The Kier molecular flexibility index (Phi) is 6.28. The highest BCUT2D eigenvalue weighted by atomic mass is 16.5. The van der Waals surface area contributed by atoms with Gasteiger partial charge in [0.2, 0.25) is 0 Å². The molecule has 0 fully saturated rings. The first kappa shape index (κ1) is 20.1. The third-order valence-corrected chi connectivity index (χ3v) is 4.10. The van der Waals surface area contributed by atoms with Gasteiger partial charge in [-0.1, -0.05) is 26.0 Å². The van der Waals surface area contributed by atoms with Gasteiger partial charge in [0.05, 0.1) is 18.9 Å². The normalized spacial score (nSPS) is 11.9. The lowest BCUT2D eigenvalue weighted by Gasteiger charge is -2.21. The van der Waals surface area contributed by atoms with Crippen LogP contribution in [0.4, 0.5) is 0 Å². The molecule has 1 amide bonds. The molecule has 0 saturated carbocycles. The third kappa shape index (κ3) is 4.81. The van der Waals surface area contributed by atoms with E-state index in [4.69, 9.17) is 18.3 Å². The number of amides is 1. The summed E-state index contributed by atoms with van der Waals surface area (Å²) in [4.78, 5) is 25.1. The fourth-order valence-electron chi connectivity index (χ4n) is 2.58. The monoisotopic (exact) mass is 399 g/mol. The zero-order valence-corrected chi connectivity index (χ0v) is 16.2. The van der Waals surface area contributed by atoms with Crippen molar-refractivity contribution in [2.45, 2.75) is 26.5 Å². The van der Waals surface area contributed by atoms with Gasteiger partial charge in [0.1, 0.15) is 11.8 Å². The van der Waals surface area contributed by atoms with Crippen molar-refractivity contribution in [1.82, 2.24) is 15.5 Å². The quantitative estimate of drug-likeness (QED) is 0.575. The molecule has 0 unspecified atom stereocenters. The van der Waals surface area contributed by atoms with Crippen LogP contribution in [0, 0.1) is 5.92 Å². The van der Waals surface area contributed by atoms with E-state index in [1.807, 2.05) is 0 Å². The van der Waals surface area contributed by atoms with E-state index in [-0.39, 0.29) is 24.3 Å². The van der Waals surface area contributed by atoms with E-state index in [0.717, 1.165) is 0 Å². The van der Waals surface area contributed by atoms with Gasteiger partial charge >= 0.3 is 5.97 Å². The number of furan rings is 1. The van der Waals surface area contributed by atoms with Gasteiger partial charge in [0, 0.05) is 0 Å². The van der Waals surface area contributed by atoms with Crippen molar-refractivity contribution in [3.8, 4) is 17.4 Å². The molecule has 2 aromatic heterocycles. The Morgan fingerprint density at radius 3 is 2.62 bits per heavy atom. The van der Waals surface area contributed by atoms with Crippen LogP contribution in [0.5, 0.6) is 5.75 Å². The largest absolute Gasteiger partial charge is 0.496 e. The molecule has 29 heavy (non-hydrogen) atoms. The van der Waals surface area contributed by atoms with E-state index in [9.17, 15) is 9.59 Å². The predicted molar refractivity (Wildman–Crippen MR) is 101 cm³/mol. The molecule has 0 spiro atoms. The molecule has 0 radical (unpaired) electrons. The van der Waals surface area contributed by atoms with Crippen LogP contribution >= 0.6 is 0 Å². The Labute approximate surface area is 167 Å². The van der Waals surface area contributed by atoms with Crippen LogP contribution in [0.1, 0.15) is 30.1 Å². The Morgan fingerprint density at radius 1 is 1.14 bits per heavy atom. The molecule has 3 rings (SSSR count). The summed E-state index contributed by atoms with van der Waals surface area (Å²) in [5.74, 6) is -0.120. The summed E-state index contributed by atoms with van der Waals surface area (Å²) in [6.45, 7) is 3.38. The van der Waals surface area contributed by atoms with E-state index in [1.54, 1.807) is 50.2 Å². The minimum atomic E-state index is -0.861. The number of nitrogens with one attached hydrogen (secondary N) is 1. The average Bonchev–Trinajstić information content (AvgIpc) is 3.41. The number of hydrogen-bond acceptors (Lipinski definition) is 8. The summed E-state index contributed by atoms with van der Waals surface area (Å²) in [7, 11) is 1.47. The maximum absolute atomic E-state index is 12.6. The molecule has 1 aromatic carbocycles. The fraction of sp³-hybridized carbons (Fsp3) is 0.300. The fourth-order valence-corrected chi connectivity index (χ4v) is 2.58. The lowest BCUT2D eigenvalue weighted by atomic mass is 10.0.